The normalized spacial score (nSPS) is 12.5. The average molecular weight is 287 g/mol. The van der Waals surface area contributed by atoms with E-state index in [-0.39, 0.29) is 16.1 Å². The van der Waals surface area contributed by atoms with Crippen LogP contribution < -0.4 is 11.3 Å². The molecule has 2 rings (SSSR count). The van der Waals surface area contributed by atoms with E-state index in [1.807, 2.05) is 0 Å². The second-order valence-corrected chi connectivity index (χ2v) is 4.40. The van der Waals surface area contributed by atoms with Crippen molar-refractivity contribution in [1.82, 2.24) is 5.43 Å². The molecule has 0 spiro atoms. The molecule has 0 saturated heterocycles. The molecule has 0 heterocycles. The van der Waals surface area contributed by atoms with Crippen LogP contribution in [0.4, 0.5) is 13.2 Å². The van der Waals surface area contributed by atoms with E-state index in [1.54, 1.807) is 0 Å². The van der Waals surface area contributed by atoms with Crippen molar-refractivity contribution in [2.75, 3.05) is 0 Å². The van der Waals surface area contributed by atoms with Crippen LogP contribution in [0, 0.1) is 17.5 Å². The van der Waals surface area contributed by atoms with E-state index in [2.05, 4.69) is 5.43 Å². The van der Waals surface area contributed by atoms with Gasteiger partial charge in [0.15, 0.2) is 0 Å². The van der Waals surface area contributed by atoms with Crippen LogP contribution in [0.25, 0.3) is 0 Å². The fourth-order valence-electron chi connectivity index (χ4n) is 1.84. The molecule has 2 aromatic rings. The number of nitrogens with two attached hydrogens (primary N) is 1. The Morgan fingerprint density at radius 1 is 1.00 bits per heavy atom. The standard InChI is InChI=1S/C13H10ClF3N2/c14-8-1-2-11(12(17)5-8)13(19-18)7-3-9(15)6-10(16)4-7/h1-6,13,19H,18H2. The Hall–Kier alpha value is -1.56. The van der Waals surface area contributed by atoms with E-state index in [0.717, 1.165) is 24.3 Å². The third kappa shape index (κ3) is 3.07. The molecule has 2 nitrogen and oxygen atoms in total. The van der Waals surface area contributed by atoms with Gasteiger partial charge < -0.3 is 0 Å². The lowest BCUT2D eigenvalue weighted by molar-refractivity contribution is 0.544. The maximum atomic E-state index is 13.8. The highest BCUT2D eigenvalue weighted by molar-refractivity contribution is 6.30. The molecule has 19 heavy (non-hydrogen) atoms. The summed E-state index contributed by atoms with van der Waals surface area (Å²) in [6.07, 6.45) is 0. The lowest BCUT2D eigenvalue weighted by Gasteiger charge is -2.18. The number of hydrogen-bond acceptors (Lipinski definition) is 2. The molecular weight excluding hydrogens is 277 g/mol. The van der Waals surface area contributed by atoms with Gasteiger partial charge >= 0.3 is 0 Å². The van der Waals surface area contributed by atoms with Gasteiger partial charge in [0.2, 0.25) is 0 Å². The Balaban J connectivity index is 2.49. The molecule has 0 aliphatic carbocycles. The van der Waals surface area contributed by atoms with Gasteiger partial charge in [-0.05, 0) is 29.8 Å². The van der Waals surface area contributed by atoms with Crippen LogP contribution in [0.3, 0.4) is 0 Å². The van der Waals surface area contributed by atoms with E-state index >= 15 is 0 Å². The molecule has 3 N–H and O–H groups in total. The van der Waals surface area contributed by atoms with Gasteiger partial charge in [0.05, 0.1) is 6.04 Å². The topological polar surface area (TPSA) is 38.0 Å². The Bertz CT molecular complexity index is 584. The fraction of sp³-hybridized carbons (Fsp3) is 0.0769. The molecule has 0 saturated carbocycles. The smallest absolute Gasteiger partial charge is 0.129 e. The van der Waals surface area contributed by atoms with Gasteiger partial charge in [-0.2, -0.15) is 0 Å². The highest BCUT2D eigenvalue weighted by Crippen LogP contribution is 2.26. The molecule has 2 aromatic carbocycles. The van der Waals surface area contributed by atoms with Crippen molar-refractivity contribution in [3.8, 4) is 0 Å². The molecule has 0 aromatic heterocycles. The molecule has 0 bridgehead atoms. The largest absolute Gasteiger partial charge is 0.271 e. The Morgan fingerprint density at radius 2 is 1.63 bits per heavy atom. The maximum Gasteiger partial charge on any atom is 0.129 e. The first-order chi connectivity index (χ1) is 9.01. The molecular formula is C13H10ClF3N2. The van der Waals surface area contributed by atoms with Crippen molar-refractivity contribution < 1.29 is 13.2 Å². The summed E-state index contributed by atoms with van der Waals surface area (Å²) in [6.45, 7) is 0. The van der Waals surface area contributed by atoms with Crippen LogP contribution in [-0.4, -0.2) is 0 Å². The number of nitrogens with one attached hydrogen (secondary N) is 1. The number of benzene rings is 2. The second-order valence-electron chi connectivity index (χ2n) is 3.97. The van der Waals surface area contributed by atoms with Crippen molar-refractivity contribution >= 4 is 11.6 Å². The minimum atomic E-state index is -0.873. The van der Waals surface area contributed by atoms with Gasteiger partial charge in [-0.25, -0.2) is 18.6 Å². The first kappa shape index (κ1) is 13.9. The lowest BCUT2D eigenvalue weighted by Crippen LogP contribution is -2.29. The van der Waals surface area contributed by atoms with Crippen molar-refractivity contribution in [2.24, 2.45) is 5.84 Å². The average Bonchev–Trinajstić information content (AvgIpc) is 2.31. The van der Waals surface area contributed by atoms with E-state index in [1.165, 1.54) is 12.1 Å². The summed E-state index contributed by atoms with van der Waals surface area (Å²) in [7, 11) is 0. The lowest BCUT2D eigenvalue weighted by atomic mass is 9.98. The minimum absolute atomic E-state index is 0.150. The quantitative estimate of drug-likeness (QED) is 0.671. The Labute approximate surface area is 113 Å². The molecule has 6 heteroatoms. The first-order valence-corrected chi connectivity index (χ1v) is 5.76. The van der Waals surface area contributed by atoms with Crippen LogP contribution in [0.1, 0.15) is 17.2 Å². The van der Waals surface area contributed by atoms with Crippen molar-refractivity contribution in [1.29, 1.82) is 0 Å². The number of halogens is 4. The number of hydrazine groups is 1. The monoisotopic (exact) mass is 286 g/mol. The molecule has 0 aliphatic heterocycles. The summed E-state index contributed by atoms with van der Waals surface area (Å²) < 4.78 is 40.2. The summed E-state index contributed by atoms with van der Waals surface area (Å²) >= 11 is 5.65. The number of rotatable bonds is 3. The molecule has 1 unspecified atom stereocenters. The third-order valence-corrected chi connectivity index (χ3v) is 2.89. The highest BCUT2D eigenvalue weighted by Gasteiger charge is 2.18. The number of hydrogen-bond donors (Lipinski definition) is 2. The molecule has 0 fully saturated rings. The molecule has 100 valence electrons. The maximum absolute atomic E-state index is 13.8. The fourth-order valence-corrected chi connectivity index (χ4v) is 2.00. The molecule has 0 aliphatic rings. The van der Waals surface area contributed by atoms with E-state index in [0.29, 0.717) is 0 Å². The van der Waals surface area contributed by atoms with E-state index in [4.69, 9.17) is 17.4 Å². The molecule has 1 atom stereocenters. The van der Waals surface area contributed by atoms with Gasteiger partial charge in [-0.15, -0.1) is 0 Å². The van der Waals surface area contributed by atoms with Crippen molar-refractivity contribution in [3.05, 3.63) is 70.0 Å². The van der Waals surface area contributed by atoms with Crippen molar-refractivity contribution in [3.63, 3.8) is 0 Å². The van der Waals surface area contributed by atoms with E-state index in [9.17, 15) is 13.2 Å². The van der Waals surface area contributed by atoms with Gasteiger partial charge in [-0.1, -0.05) is 17.7 Å². The predicted molar refractivity (Wildman–Crippen MR) is 66.9 cm³/mol. The van der Waals surface area contributed by atoms with Crippen LogP contribution >= 0.6 is 11.6 Å². The summed E-state index contributed by atoms with van der Waals surface area (Å²) in [4.78, 5) is 0. The zero-order valence-electron chi connectivity index (χ0n) is 9.63. The predicted octanol–water partition coefficient (Wildman–Crippen LogP) is 3.31. The van der Waals surface area contributed by atoms with Crippen LogP contribution in [0.5, 0.6) is 0 Å². The SMILES string of the molecule is NNC(c1cc(F)cc(F)c1)c1ccc(Cl)cc1F. The van der Waals surface area contributed by atoms with Gasteiger partial charge in [0.25, 0.3) is 0 Å². The van der Waals surface area contributed by atoms with Crippen LogP contribution in [0.15, 0.2) is 36.4 Å². The highest BCUT2D eigenvalue weighted by atomic mass is 35.5. The molecule has 0 amide bonds. The second kappa shape index (κ2) is 5.61. The minimum Gasteiger partial charge on any atom is -0.271 e. The van der Waals surface area contributed by atoms with Crippen LogP contribution in [0.2, 0.25) is 5.02 Å². The van der Waals surface area contributed by atoms with E-state index < -0.39 is 23.5 Å². The summed E-state index contributed by atoms with van der Waals surface area (Å²) in [6, 6.07) is 6.02. The summed E-state index contributed by atoms with van der Waals surface area (Å²) in [5.74, 6) is 3.22. The van der Waals surface area contributed by atoms with Gasteiger partial charge in [0, 0.05) is 16.7 Å². The Kier molecular flexibility index (Phi) is 4.09. The van der Waals surface area contributed by atoms with Gasteiger partial charge in [-0.3, -0.25) is 5.84 Å². The summed E-state index contributed by atoms with van der Waals surface area (Å²) in [5.41, 5.74) is 2.66. The summed E-state index contributed by atoms with van der Waals surface area (Å²) in [5, 5.41) is 0.224. The van der Waals surface area contributed by atoms with Gasteiger partial charge in [0.1, 0.15) is 17.5 Å². The zero-order valence-corrected chi connectivity index (χ0v) is 10.4. The molecule has 0 radical (unpaired) electrons. The van der Waals surface area contributed by atoms with Crippen molar-refractivity contribution in [2.45, 2.75) is 6.04 Å². The first-order valence-electron chi connectivity index (χ1n) is 5.38. The van der Waals surface area contributed by atoms with Crippen LogP contribution in [-0.2, 0) is 0 Å². The third-order valence-electron chi connectivity index (χ3n) is 2.66. The zero-order chi connectivity index (χ0) is 14.0. The Morgan fingerprint density at radius 3 is 2.16 bits per heavy atom.